The van der Waals surface area contributed by atoms with Crippen LogP contribution >= 0.6 is 0 Å². The summed E-state index contributed by atoms with van der Waals surface area (Å²) in [6.45, 7) is 6.67. The molecule has 28 heavy (non-hydrogen) atoms. The number of methoxy groups -OCH3 is 1. The molecule has 2 heterocycles. The second kappa shape index (κ2) is 9.20. The Kier molecular flexibility index (Phi) is 6.68. The van der Waals surface area contributed by atoms with E-state index >= 15 is 0 Å². The number of piperidine rings is 1. The van der Waals surface area contributed by atoms with Gasteiger partial charge in [-0.2, -0.15) is 0 Å². The lowest BCUT2D eigenvalue weighted by Crippen LogP contribution is -2.49. The largest absolute Gasteiger partial charge is 0.497 e. The van der Waals surface area contributed by atoms with E-state index in [1.165, 1.54) is 0 Å². The van der Waals surface area contributed by atoms with E-state index in [9.17, 15) is 4.79 Å². The van der Waals surface area contributed by atoms with E-state index in [0.29, 0.717) is 19.6 Å². The van der Waals surface area contributed by atoms with Crippen LogP contribution in [-0.4, -0.2) is 42.7 Å². The summed E-state index contributed by atoms with van der Waals surface area (Å²) in [6.07, 6.45) is 2.45. The van der Waals surface area contributed by atoms with E-state index in [4.69, 9.17) is 9.47 Å². The van der Waals surface area contributed by atoms with Crippen LogP contribution in [0.5, 0.6) is 5.75 Å². The Morgan fingerprint density at radius 1 is 1.25 bits per heavy atom. The Balaban J connectivity index is 1.82. The number of benzene rings is 1. The van der Waals surface area contributed by atoms with E-state index in [1.807, 2.05) is 44.2 Å². The summed E-state index contributed by atoms with van der Waals surface area (Å²) in [5, 5.41) is 0. The van der Waals surface area contributed by atoms with Gasteiger partial charge in [0.25, 0.3) is 0 Å². The van der Waals surface area contributed by atoms with Gasteiger partial charge in [-0.1, -0.05) is 18.2 Å². The van der Waals surface area contributed by atoms with Crippen molar-refractivity contribution in [3.05, 3.63) is 59.4 Å². The molecular formula is C23H30N2O3. The third kappa shape index (κ3) is 4.90. The third-order valence-corrected chi connectivity index (χ3v) is 5.37. The van der Waals surface area contributed by atoms with Gasteiger partial charge in [-0.25, -0.2) is 0 Å². The molecular weight excluding hydrogens is 352 g/mol. The van der Waals surface area contributed by atoms with Crippen LogP contribution in [0.4, 0.5) is 0 Å². The number of rotatable bonds is 7. The molecule has 150 valence electrons. The number of hydrogen-bond acceptors (Lipinski definition) is 5. The molecule has 1 atom stereocenters. The van der Waals surface area contributed by atoms with Gasteiger partial charge >= 0.3 is 5.97 Å². The number of aryl methyl sites for hydroxylation is 1. The monoisotopic (exact) mass is 382 g/mol. The Bertz CT molecular complexity index is 808. The topological polar surface area (TPSA) is 51.7 Å². The smallest absolute Gasteiger partial charge is 0.313 e. The molecule has 1 aliphatic rings. The van der Waals surface area contributed by atoms with Crippen LogP contribution in [0.15, 0.2) is 42.5 Å². The summed E-state index contributed by atoms with van der Waals surface area (Å²) in [6, 6.07) is 14.1. The minimum atomic E-state index is -0.537. The molecule has 0 N–H and O–H groups in total. The zero-order valence-corrected chi connectivity index (χ0v) is 17.1. The minimum absolute atomic E-state index is 0.0975. The van der Waals surface area contributed by atoms with Crippen molar-refractivity contribution in [2.24, 2.45) is 5.41 Å². The summed E-state index contributed by atoms with van der Waals surface area (Å²) in [7, 11) is 1.66. The summed E-state index contributed by atoms with van der Waals surface area (Å²) < 4.78 is 10.9. The second-order valence-corrected chi connectivity index (χ2v) is 7.61. The number of carbonyl (C=O) groups excluding carboxylic acids is 1. The van der Waals surface area contributed by atoms with Gasteiger partial charge in [0.15, 0.2) is 0 Å². The average molecular weight is 383 g/mol. The highest BCUT2D eigenvalue weighted by Crippen LogP contribution is 2.36. The molecule has 5 nitrogen and oxygen atoms in total. The maximum Gasteiger partial charge on any atom is 0.313 e. The van der Waals surface area contributed by atoms with Crippen molar-refractivity contribution in [2.75, 3.05) is 26.8 Å². The van der Waals surface area contributed by atoms with Crippen LogP contribution in [0.25, 0.3) is 0 Å². The number of likely N-dealkylation sites (tertiary alicyclic amines) is 1. The SMILES string of the molecule is CCOC(=O)C1(Cc2cccc(OC)c2)CCCN(Cc2cccc(C)n2)C1. The number of esters is 1. The lowest BCUT2D eigenvalue weighted by Gasteiger charge is -2.41. The first-order valence-electron chi connectivity index (χ1n) is 10.00. The predicted molar refractivity (Wildman–Crippen MR) is 109 cm³/mol. The number of aromatic nitrogens is 1. The summed E-state index contributed by atoms with van der Waals surface area (Å²) >= 11 is 0. The van der Waals surface area contributed by atoms with E-state index < -0.39 is 5.41 Å². The molecule has 1 unspecified atom stereocenters. The van der Waals surface area contributed by atoms with E-state index in [-0.39, 0.29) is 5.97 Å². The fourth-order valence-corrected chi connectivity index (χ4v) is 4.12. The first kappa shape index (κ1) is 20.3. The van der Waals surface area contributed by atoms with Gasteiger partial charge in [-0.15, -0.1) is 0 Å². The van der Waals surface area contributed by atoms with Crippen molar-refractivity contribution in [1.82, 2.24) is 9.88 Å². The van der Waals surface area contributed by atoms with Crippen LogP contribution in [-0.2, 0) is 22.5 Å². The highest BCUT2D eigenvalue weighted by molar-refractivity contribution is 5.78. The molecule has 0 spiro atoms. The molecule has 0 bridgehead atoms. The summed E-state index contributed by atoms with van der Waals surface area (Å²) in [5.41, 5.74) is 2.62. The van der Waals surface area contributed by atoms with Crippen molar-refractivity contribution in [1.29, 1.82) is 0 Å². The van der Waals surface area contributed by atoms with Crippen molar-refractivity contribution in [3.63, 3.8) is 0 Å². The quantitative estimate of drug-likeness (QED) is 0.682. The van der Waals surface area contributed by atoms with Gasteiger partial charge in [0.1, 0.15) is 5.75 Å². The number of ether oxygens (including phenoxy) is 2. The number of pyridine rings is 1. The fourth-order valence-electron chi connectivity index (χ4n) is 4.12. The molecule has 5 heteroatoms. The van der Waals surface area contributed by atoms with Gasteiger partial charge in [0.2, 0.25) is 0 Å². The minimum Gasteiger partial charge on any atom is -0.497 e. The zero-order valence-electron chi connectivity index (χ0n) is 17.1. The highest BCUT2D eigenvalue weighted by Gasteiger charge is 2.43. The van der Waals surface area contributed by atoms with Crippen LogP contribution in [0.2, 0.25) is 0 Å². The van der Waals surface area contributed by atoms with Crippen LogP contribution in [0, 0.1) is 12.3 Å². The first-order chi connectivity index (χ1) is 13.5. The van der Waals surface area contributed by atoms with Gasteiger partial charge in [0.05, 0.1) is 24.8 Å². The van der Waals surface area contributed by atoms with Crippen LogP contribution in [0.3, 0.4) is 0 Å². The molecule has 1 aliphatic heterocycles. The molecule has 0 amide bonds. The van der Waals surface area contributed by atoms with E-state index in [0.717, 1.165) is 48.6 Å². The maximum absolute atomic E-state index is 13.0. The Morgan fingerprint density at radius 2 is 2.07 bits per heavy atom. The van der Waals surface area contributed by atoms with E-state index in [2.05, 4.69) is 22.0 Å². The third-order valence-electron chi connectivity index (χ3n) is 5.37. The molecule has 0 saturated carbocycles. The van der Waals surface area contributed by atoms with Crippen molar-refractivity contribution in [3.8, 4) is 5.75 Å². The maximum atomic E-state index is 13.0. The molecule has 1 saturated heterocycles. The second-order valence-electron chi connectivity index (χ2n) is 7.61. The zero-order chi connectivity index (χ0) is 20.0. The molecule has 1 fully saturated rings. The fraction of sp³-hybridized carbons (Fsp3) is 0.478. The Labute approximate surface area is 167 Å². The Hall–Kier alpha value is -2.40. The van der Waals surface area contributed by atoms with Crippen molar-refractivity contribution in [2.45, 2.75) is 39.7 Å². The average Bonchev–Trinajstić information content (AvgIpc) is 2.68. The lowest BCUT2D eigenvalue weighted by atomic mass is 9.75. The number of hydrogen-bond donors (Lipinski definition) is 0. The molecule has 3 rings (SSSR count). The molecule has 2 aromatic rings. The molecule has 0 radical (unpaired) electrons. The summed E-state index contributed by atoms with van der Waals surface area (Å²) in [5.74, 6) is 0.716. The normalized spacial score (nSPS) is 20.0. The standard InChI is InChI=1S/C23H30N2O3/c1-4-28-22(26)23(15-19-9-6-11-21(14-19)27-3)12-7-13-25(17-23)16-20-10-5-8-18(2)24-20/h5-6,8-11,14H,4,7,12-13,15-17H2,1-3H3. The first-order valence-corrected chi connectivity index (χ1v) is 10.00. The molecule has 0 aliphatic carbocycles. The highest BCUT2D eigenvalue weighted by atomic mass is 16.5. The van der Waals surface area contributed by atoms with Crippen molar-refractivity contribution < 1.29 is 14.3 Å². The lowest BCUT2D eigenvalue weighted by molar-refractivity contribution is -0.159. The summed E-state index contributed by atoms with van der Waals surface area (Å²) in [4.78, 5) is 20.0. The number of nitrogens with zero attached hydrogens (tertiary/aromatic N) is 2. The van der Waals surface area contributed by atoms with Gasteiger partial charge in [-0.05, 0) is 69.5 Å². The van der Waals surface area contributed by atoms with Gasteiger partial charge < -0.3 is 9.47 Å². The van der Waals surface area contributed by atoms with Gasteiger partial charge in [-0.3, -0.25) is 14.7 Å². The van der Waals surface area contributed by atoms with E-state index in [1.54, 1.807) is 7.11 Å². The van der Waals surface area contributed by atoms with Crippen molar-refractivity contribution >= 4 is 5.97 Å². The van der Waals surface area contributed by atoms with Crippen LogP contribution < -0.4 is 4.74 Å². The van der Waals surface area contributed by atoms with Crippen LogP contribution in [0.1, 0.15) is 36.7 Å². The molecule has 1 aromatic carbocycles. The number of carbonyl (C=O) groups is 1. The Morgan fingerprint density at radius 3 is 2.82 bits per heavy atom. The predicted octanol–water partition coefficient (Wildman–Crippen LogP) is 3.79. The molecule has 1 aromatic heterocycles. The van der Waals surface area contributed by atoms with Gasteiger partial charge in [0, 0.05) is 18.8 Å².